The van der Waals surface area contributed by atoms with Crippen molar-refractivity contribution < 1.29 is 0 Å². The first-order valence-electron chi connectivity index (χ1n) is 11.3. The predicted molar refractivity (Wildman–Crippen MR) is 146 cm³/mol. The zero-order valence-corrected chi connectivity index (χ0v) is 21.0. The molecule has 0 heterocycles. The van der Waals surface area contributed by atoms with E-state index in [4.69, 9.17) is 0 Å². The molecule has 1 atom stereocenters. The Morgan fingerprint density at radius 1 is 0.500 bits per heavy atom. The fraction of sp³-hybridized carbons (Fsp3) is 0.200. The molecule has 4 aromatic carbocycles. The number of rotatable bonds is 7. The fourth-order valence-corrected chi connectivity index (χ4v) is 10.8. The van der Waals surface area contributed by atoms with Gasteiger partial charge in [-0.15, -0.1) is 0 Å². The summed E-state index contributed by atoms with van der Waals surface area (Å²) >= 11 is 0. The third kappa shape index (κ3) is 5.56. The van der Waals surface area contributed by atoms with Crippen molar-refractivity contribution in [3.63, 3.8) is 0 Å². The molecule has 32 heavy (non-hydrogen) atoms. The lowest BCUT2D eigenvalue weighted by molar-refractivity contribution is 0.410. The summed E-state index contributed by atoms with van der Waals surface area (Å²) in [6.45, 7) is 7.30. The SMILES string of the molecule is CC(C)(C)[C@H](CP(c1ccccc1)c1ccccc1)P(c1ccccc1)c1ccccc1. The molecule has 0 aliphatic heterocycles. The van der Waals surface area contributed by atoms with Gasteiger partial charge >= 0.3 is 0 Å². The summed E-state index contributed by atoms with van der Waals surface area (Å²) < 4.78 is 0. The molecule has 2 heteroatoms. The van der Waals surface area contributed by atoms with Crippen LogP contribution >= 0.6 is 15.8 Å². The van der Waals surface area contributed by atoms with Crippen LogP contribution in [0.3, 0.4) is 0 Å². The second kappa shape index (κ2) is 10.6. The maximum absolute atomic E-state index is 2.43. The molecular weight excluding hydrogens is 422 g/mol. The van der Waals surface area contributed by atoms with Crippen LogP contribution in [0.4, 0.5) is 0 Å². The molecule has 0 aliphatic carbocycles. The van der Waals surface area contributed by atoms with Crippen molar-refractivity contribution in [2.24, 2.45) is 5.41 Å². The Bertz CT molecular complexity index is 992. The van der Waals surface area contributed by atoms with Crippen molar-refractivity contribution in [1.29, 1.82) is 0 Å². The first kappa shape index (κ1) is 22.9. The standard InChI is InChI=1S/C30H32P2/c1-30(2,3)29(32(27-20-12-6-13-21-27)28-22-14-7-15-23-28)24-31(25-16-8-4-9-17-25)26-18-10-5-11-19-26/h4-23,29H,24H2,1-3H3/t29-/m0/s1. The molecule has 0 radical (unpaired) electrons. The van der Waals surface area contributed by atoms with Crippen LogP contribution in [-0.4, -0.2) is 11.8 Å². The van der Waals surface area contributed by atoms with Crippen LogP contribution in [0, 0.1) is 5.41 Å². The largest absolute Gasteiger partial charge is 0.0622 e. The van der Waals surface area contributed by atoms with Crippen LogP contribution in [0.25, 0.3) is 0 Å². The molecule has 0 bridgehead atoms. The van der Waals surface area contributed by atoms with E-state index in [1.54, 1.807) is 0 Å². The third-order valence-corrected chi connectivity index (χ3v) is 12.0. The number of benzene rings is 4. The lowest BCUT2D eigenvalue weighted by Crippen LogP contribution is -2.36. The molecular formula is C30H32P2. The van der Waals surface area contributed by atoms with Crippen LogP contribution in [0.2, 0.25) is 0 Å². The van der Waals surface area contributed by atoms with Gasteiger partial charge in [-0.2, -0.15) is 0 Å². The van der Waals surface area contributed by atoms with Crippen LogP contribution in [0.5, 0.6) is 0 Å². The molecule has 0 nitrogen and oxygen atoms in total. The van der Waals surface area contributed by atoms with E-state index in [1.165, 1.54) is 27.4 Å². The minimum Gasteiger partial charge on any atom is -0.0622 e. The highest BCUT2D eigenvalue weighted by Gasteiger charge is 2.36. The van der Waals surface area contributed by atoms with Crippen LogP contribution < -0.4 is 21.2 Å². The Morgan fingerprint density at radius 3 is 1.12 bits per heavy atom. The maximum atomic E-state index is 2.43. The smallest absolute Gasteiger partial charge is 0.00348 e. The van der Waals surface area contributed by atoms with E-state index in [0.29, 0.717) is 5.66 Å². The van der Waals surface area contributed by atoms with Gasteiger partial charge in [0.2, 0.25) is 0 Å². The highest BCUT2D eigenvalue weighted by atomic mass is 31.1. The Hall–Kier alpha value is -2.26. The Morgan fingerprint density at radius 2 is 0.812 bits per heavy atom. The van der Waals surface area contributed by atoms with Crippen molar-refractivity contribution in [3.8, 4) is 0 Å². The van der Waals surface area contributed by atoms with Crippen LogP contribution in [0.15, 0.2) is 121 Å². The van der Waals surface area contributed by atoms with Crippen molar-refractivity contribution in [1.82, 2.24) is 0 Å². The average Bonchev–Trinajstić information content (AvgIpc) is 2.83. The molecule has 0 N–H and O–H groups in total. The predicted octanol–water partition coefficient (Wildman–Crippen LogP) is 6.67. The maximum Gasteiger partial charge on any atom is -0.00348 e. The van der Waals surface area contributed by atoms with Crippen LogP contribution in [-0.2, 0) is 0 Å². The summed E-state index contributed by atoms with van der Waals surface area (Å²) in [5.41, 5.74) is 0.732. The summed E-state index contributed by atoms with van der Waals surface area (Å²) in [5, 5.41) is 5.90. The van der Waals surface area contributed by atoms with E-state index in [1.807, 2.05) is 0 Å². The van der Waals surface area contributed by atoms with Gasteiger partial charge in [0, 0.05) is 0 Å². The molecule has 0 saturated carbocycles. The van der Waals surface area contributed by atoms with Crippen molar-refractivity contribution in [2.45, 2.75) is 26.4 Å². The summed E-state index contributed by atoms with van der Waals surface area (Å²) in [7, 11) is -0.951. The molecule has 162 valence electrons. The minimum atomic E-state index is -0.499. The molecule has 0 aliphatic rings. The topological polar surface area (TPSA) is 0 Å². The number of hydrogen-bond acceptors (Lipinski definition) is 0. The molecule has 0 amide bonds. The Kier molecular flexibility index (Phi) is 7.57. The summed E-state index contributed by atoms with van der Waals surface area (Å²) in [5.74, 6) is 0. The van der Waals surface area contributed by atoms with Crippen molar-refractivity contribution in [3.05, 3.63) is 121 Å². The van der Waals surface area contributed by atoms with E-state index in [-0.39, 0.29) is 5.41 Å². The summed E-state index contributed by atoms with van der Waals surface area (Å²) in [6.07, 6.45) is 1.18. The monoisotopic (exact) mass is 454 g/mol. The molecule has 0 unspecified atom stereocenters. The Balaban J connectivity index is 1.82. The lowest BCUT2D eigenvalue weighted by atomic mass is 9.93. The second-order valence-corrected chi connectivity index (χ2v) is 13.9. The van der Waals surface area contributed by atoms with Gasteiger partial charge in [0.15, 0.2) is 0 Å². The summed E-state index contributed by atoms with van der Waals surface area (Å²) in [4.78, 5) is 0. The molecule has 0 saturated heterocycles. The van der Waals surface area contributed by atoms with E-state index in [2.05, 4.69) is 142 Å². The van der Waals surface area contributed by atoms with Gasteiger partial charge in [-0.1, -0.05) is 142 Å². The highest BCUT2D eigenvalue weighted by molar-refractivity contribution is 7.77. The number of hydrogen-bond donors (Lipinski definition) is 0. The van der Waals surface area contributed by atoms with Gasteiger partial charge in [-0.3, -0.25) is 0 Å². The average molecular weight is 455 g/mol. The zero-order chi connectivity index (χ0) is 22.4. The van der Waals surface area contributed by atoms with Gasteiger partial charge in [0.25, 0.3) is 0 Å². The second-order valence-electron chi connectivity index (χ2n) is 9.20. The zero-order valence-electron chi connectivity index (χ0n) is 19.2. The van der Waals surface area contributed by atoms with E-state index in [9.17, 15) is 0 Å². The third-order valence-electron chi connectivity index (χ3n) is 5.87. The van der Waals surface area contributed by atoms with Gasteiger partial charge in [-0.25, -0.2) is 0 Å². The van der Waals surface area contributed by atoms with E-state index < -0.39 is 15.8 Å². The van der Waals surface area contributed by atoms with E-state index >= 15 is 0 Å². The van der Waals surface area contributed by atoms with Crippen molar-refractivity contribution >= 4 is 37.1 Å². The quantitative estimate of drug-likeness (QED) is 0.274. The molecule has 0 fully saturated rings. The molecule has 0 spiro atoms. The normalized spacial score (nSPS) is 12.8. The Labute approximate surface area is 196 Å². The van der Waals surface area contributed by atoms with Crippen molar-refractivity contribution in [2.75, 3.05) is 6.16 Å². The minimum absolute atomic E-state index is 0.182. The first-order valence-corrected chi connectivity index (χ1v) is 14.2. The van der Waals surface area contributed by atoms with Gasteiger partial charge in [0.1, 0.15) is 0 Å². The van der Waals surface area contributed by atoms with Gasteiger partial charge in [0.05, 0.1) is 0 Å². The first-order chi connectivity index (χ1) is 15.5. The molecule has 4 aromatic rings. The van der Waals surface area contributed by atoms with Crippen LogP contribution in [0.1, 0.15) is 20.8 Å². The molecule has 0 aromatic heterocycles. The van der Waals surface area contributed by atoms with Gasteiger partial charge in [-0.05, 0) is 54.3 Å². The molecule has 4 rings (SSSR count). The van der Waals surface area contributed by atoms with E-state index in [0.717, 1.165) is 0 Å². The fourth-order valence-electron chi connectivity index (χ4n) is 4.18. The lowest BCUT2D eigenvalue weighted by Gasteiger charge is -2.40. The van der Waals surface area contributed by atoms with Gasteiger partial charge < -0.3 is 0 Å². The summed E-state index contributed by atoms with van der Waals surface area (Å²) in [6, 6.07) is 44.7. The highest BCUT2D eigenvalue weighted by Crippen LogP contribution is 2.52.